The van der Waals surface area contributed by atoms with Gasteiger partial charge in [-0.1, -0.05) is 0 Å². The monoisotopic (exact) mass is 147 g/mol. The first-order valence-corrected chi connectivity index (χ1v) is 3.29. The topological polar surface area (TPSA) is 38.3 Å². The van der Waals surface area contributed by atoms with Crippen molar-refractivity contribution in [2.24, 2.45) is 0 Å². The Balaban J connectivity index is 2.19. The quantitative estimate of drug-likeness (QED) is 0.552. The first kappa shape index (κ1) is 7.63. The van der Waals surface area contributed by atoms with Gasteiger partial charge >= 0.3 is 6.04 Å². The molecule has 0 spiro atoms. The zero-order valence-electron chi connectivity index (χ0n) is 5.60. The van der Waals surface area contributed by atoms with Gasteiger partial charge in [0.25, 0.3) is 0 Å². The fourth-order valence-electron chi connectivity index (χ4n) is 0.930. The highest BCUT2D eigenvalue weighted by atomic mass is 19.1. The molecule has 0 aliphatic carbocycles. The summed E-state index contributed by atoms with van der Waals surface area (Å²) in [7, 11) is 0. The molecule has 1 N–H and O–H groups in total. The molecule has 1 saturated heterocycles. The average Bonchev–Trinajstić information content (AvgIpc) is 1.88. The van der Waals surface area contributed by atoms with Crippen molar-refractivity contribution in [3.63, 3.8) is 0 Å². The molecule has 4 heteroatoms. The van der Waals surface area contributed by atoms with E-state index in [1.807, 2.05) is 0 Å². The van der Waals surface area contributed by atoms with Gasteiger partial charge in [-0.15, -0.1) is 0 Å². The number of hydrogen-bond acceptors (Lipinski definition) is 3. The van der Waals surface area contributed by atoms with E-state index in [9.17, 15) is 9.18 Å². The van der Waals surface area contributed by atoms with E-state index < -0.39 is 6.04 Å². The summed E-state index contributed by atoms with van der Waals surface area (Å²) < 4.78 is 16.8. The SMILES string of the molecule is O=C(F)CC1CNCCO1. The Labute approximate surface area is 58.5 Å². The summed E-state index contributed by atoms with van der Waals surface area (Å²) in [5, 5.41) is 3.00. The van der Waals surface area contributed by atoms with Gasteiger partial charge in [0.15, 0.2) is 0 Å². The Morgan fingerprint density at radius 3 is 3.10 bits per heavy atom. The van der Waals surface area contributed by atoms with E-state index in [4.69, 9.17) is 4.74 Å². The van der Waals surface area contributed by atoms with Gasteiger partial charge in [0.1, 0.15) is 0 Å². The van der Waals surface area contributed by atoms with Gasteiger partial charge in [-0.3, -0.25) is 4.79 Å². The van der Waals surface area contributed by atoms with Gasteiger partial charge in [0.2, 0.25) is 0 Å². The predicted octanol–water partition coefficient (Wildman–Crippen LogP) is -0.139. The van der Waals surface area contributed by atoms with Crippen molar-refractivity contribution in [2.75, 3.05) is 19.7 Å². The molecule has 10 heavy (non-hydrogen) atoms. The summed E-state index contributed by atoms with van der Waals surface area (Å²) >= 11 is 0. The smallest absolute Gasteiger partial charge is 0.304 e. The summed E-state index contributed by atoms with van der Waals surface area (Å²) in [6.07, 6.45) is -0.376. The minimum absolute atomic E-state index is 0.118. The van der Waals surface area contributed by atoms with E-state index in [0.29, 0.717) is 13.2 Å². The molecule has 0 amide bonds. The Hall–Kier alpha value is -0.480. The lowest BCUT2D eigenvalue weighted by Crippen LogP contribution is -2.39. The summed E-state index contributed by atoms with van der Waals surface area (Å²) in [5.74, 6) is 0. The van der Waals surface area contributed by atoms with Crippen LogP contribution in [0.1, 0.15) is 6.42 Å². The Morgan fingerprint density at radius 1 is 1.80 bits per heavy atom. The average molecular weight is 147 g/mol. The van der Waals surface area contributed by atoms with E-state index in [0.717, 1.165) is 6.54 Å². The van der Waals surface area contributed by atoms with Gasteiger partial charge < -0.3 is 10.1 Å². The zero-order valence-corrected chi connectivity index (χ0v) is 5.60. The molecule has 1 aliphatic rings. The van der Waals surface area contributed by atoms with Crippen LogP contribution in [0, 0.1) is 0 Å². The third-order valence-electron chi connectivity index (χ3n) is 1.39. The van der Waals surface area contributed by atoms with Crippen molar-refractivity contribution in [3.05, 3.63) is 0 Å². The fourth-order valence-corrected chi connectivity index (χ4v) is 0.930. The molecule has 0 bridgehead atoms. The Morgan fingerprint density at radius 2 is 2.60 bits per heavy atom. The Bertz CT molecular complexity index is 123. The highest BCUT2D eigenvalue weighted by Crippen LogP contribution is 2.01. The van der Waals surface area contributed by atoms with Crippen LogP contribution < -0.4 is 5.32 Å². The molecule has 0 aromatic heterocycles. The largest absolute Gasteiger partial charge is 0.375 e. The van der Waals surface area contributed by atoms with Crippen molar-refractivity contribution in [2.45, 2.75) is 12.5 Å². The molecule has 0 saturated carbocycles. The lowest BCUT2D eigenvalue weighted by atomic mass is 10.2. The third kappa shape index (κ3) is 2.41. The molecule has 3 nitrogen and oxygen atoms in total. The highest BCUT2D eigenvalue weighted by molar-refractivity contribution is 5.68. The molecule has 0 radical (unpaired) electrons. The number of morpholine rings is 1. The van der Waals surface area contributed by atoms with Crippen molar-refractivity contribution in [3.8, 4) is 0 Å². The van der Waals surface area contributed by atoms with Crippen LogP contribution in [0.4, 0.5) is 4.39 Å². The first-order chi connectivity index (χ1) is 4.79. The van der Waals surface area contributed by atoms with Gasteiger partial charge in [-0.2, -0.15) is 4.39 Å². The fraction of sp³-hybridized carbons (Fsp3) is 0.833. The van der Waals surface area contributed by atoms with E-state index in [-0.39, 0.29) is 12.5 Å². The second-order valence-electron chi connectivity index (χ2n) is 2.26. The molecule has 0 aromatic rings. The van der Waals surface area contributed by atoms with E-state index in [1.54, 1.807) is 0 Å². The molecule has 1 aliphatic heterocycles. The van der Waals surface area contributed by atoms with Crippen LogP contribution in [0.2, 0.25) is 0 Å². The van der Waals surface area contributed by atoms with Crippen LogP contribution in [-0.4, -0.2) is 31.8 Å². The predicted molar refractivity (Wildman–Crippen MR) is 33.3 cm³/mol. The third-order valence-corrected chi connectivity index (χ3v) is 1.39. The van der Waals surface area contributed by atoms with Crippen LogP contribution in [-0.2, 0) is 9.53 Å². The number of ether oxygens (including phenoxy) is 1. The van der Waals surface area contributed by atoms with Crippen LogP contribution in [0.3, 0.4) is 0 Å². The maximum Gasteiger partial charge on any atom is 0.304 e. The van der Waals surface area contributed by atoms with Gasteiger partial charge in [-0.05, 0) is 0 Å². The number of rotatable bonds is 2. The van der Waals surface area contributed by atoms with Crippen LogP contribution in [0.15, 0.2) is 0 Å². The minimum Gasteiger partial charge on any atom is -0.375 e. The molecule has 1 fully saturated rings. The van der Waals surface area contributed by atoms with E-state index in [1.165, 1.54) is 0 Å². The number of nitrogens with one attached hydrogen (secondary N) is 1. The summed E-state index contributed by atoms with van der Waals surface area (Å²) in [6, 6.07) is -1.30. The molecule has 0 aromatic carbocycles. The normalized spacial score (nSPS) is 26.3. The molecule has 58 valence electrons. The number of halogens is 1. The number of carbonyl (C=O) groups is 1. The number of hydrogen-bond donors (Lipinski definition) is 1. The second kappa shape index (κ2) is 3.63. The maximum atomic E-state index is 11.7. The molecule has 1 rings (SSSR count). The first-order valence-electron chi connectivity index (χ1n) is 3.29. The van der Waals surface area contributed by atoms with Gasteiger partial charge in [-0.25, -0.2) is 0 Å². The van der Waals surface area contributed by atoms with Crippen LogP contribution in [0.25, 0.3) is 0 Å². The maximum absolute atomic E-state index is 11.7. The van der Waals surface area contributed by atoms with E-state index in [2.05, 4.69) is 5.32 Å². The Kier molecular flexibility index (Phi) is 2.77. The van der Waals surface area contributed by atoms with Crippen molar-refractivity contribution >= 4 is 6.04 Å². The number of carbonyl (C=O) groups excluding carboxylic acids is 1. The zero-order chi connectivity index (χ0) is 7.40. The second-order valence-corrected chi connectivity index (χ2v) is 2.26. The minimum atomic E-state index is -1.30. The van der Waals surface area contributed by atoms with Gasteiger partial charge in [0, 0.05) is 13.1 Å². The molecule has 1 unspecified atom stereocenters. The van der Waals surface area contributed by atoms with Crippen molar-refractivity contribution in [1.82, 2.24) is 5.32 Å². The van der Waals surface area contributed by atoms with E-state index >= 15 is 0 Å². The van der Waals surface area contributed by atoms with Crippen molar-refractivity contribution < 1.29 is 13.9 Å². The lowest BCUT2D eigenvalue weighted by Gasteiger charge is -2.21. The summed E-state index contributed by atoms with van der Waals surface area (Å²) in [6.45, 7) is 1.94. The van der Waals surface area contributed by atoms with Crippen molar-refractivity contribution in [1.29, 1.82) is 0 Å². The van der Waals surface area contributed by atoms with Crippen LogP contribution >= 0.6 is 0 Å². The lowest BCUT2D eigenvalue weighted by molar-refractivity contribution is -0.132. The molecule has 1 atom stereocenters. The summed E-state index contributed by atoms with van der Waals surface area (Å²) in [5.41, 5.74) is 0. The standard InChI is InChI=1S/C6H10FNO2/c7-6(9)3-5-4-8-1-2-10-5/h5,8H,1-4H2. The molecule has 1 heterocycles. The highest BCUT2D eigenvalue weighted by Gasteiger charge is 2.16. The molecular weight excluding hydrogens is 137 g/mol. The molecular formula is C6H10FNO2. The van der Waals surface area contributed by atoms with Crippen LogP contribution in [0.5, 0.6) is 0 Å². The van der Waals surface area contributed by atoms with Gasteiger partial charge in [0.05, 0.1) is 19.1 Å². The summed E-state index contributed by atoms with van der Waals surface area (Å²) in [4.78, 5) is 9.94.